The monoisotopic (exact) mass is 355 g/mol. The van der Waals surface area contributed by atoms with Crippen LogP contribution in [0.3, 0.4) is 0 Å². The molecule has 138 valence electrons. The summed E-state index contributed by atoms with van der Waals surface area (Å²) >= 11 is 0. The van der Waals surface area contributed by atoms with Gasteiger partial charge in [-0.2, -0.15) is 0 Å². The molecule has 2 aliphatic rings. The van der Waals surface area contributed by atoms with Crippen LogP contribution in [0.25, 0.3) is 0 Å². The number of rotatable bonds is 3. The van der Waals surface area contributed by atoms with E-state index in [1.54, 1.807) is 0 Å². The number of aromatic nitrogens is 3. The van der Waals surface area contributed by atoms with Crippen molar-refractivity contribution in [2.75, 3.05) is 23.3 Å². The van der Waals surface area contributed by atoms with Crippen LogP contribution >= 0.6 is 0 Å². The SMILES string of the molecule is CC(C)(C)c1nc(C(=O)Nc2ccc(N3CC4CCC(C3)O4)cc2)n[nH]1. The lowest BCUT2D eigenvalue weighted by molar-refractivity contribution is 0.0305. The quantitative estimate of drug-likeness (QED) is 0.884. The second kappa shape index (κ2) is 6.39. The van der Waals surface area contributed by atoms with Crippen LogP contribution in [0.2, 0.25) is 0 Å². The fourth-order valence-electron chi connectivity index (χ4n) is 3.47. The summed E-state index contributed by atoms with van der Waals surface area (Å²) in [6, 6.07) is 7.92. The van der Waals surface area contributed by atoms with Crippen molar-refractivity contribution in [3.05, 3.63) is 35.9 Å². The Bertz CT molecular complexity index is 781. The largest absolute Gasteiger partial charge is 0.371 e. The minimum absolute atomic E-state index is 0.156. The highest BCUT2D eigenvalue weighted by Gasteiger charge is 2.33. The Kier molecular flexibility index (Phi) is 4.19. The van der Waals surface area contributed by atoms with Crippen molar-refractivity contribution in [1.82, 2.24) is 15.2 Å². The number of hydrogen-bond donors (Lipinski definition) is 2. The number of morpholine rings is 1. The minimum Gasteiger partial charge on any atom is -0.371 e. The number of H-pyrrole nitrogens is 1. The predicted molar refractivity (Wildman–Crippen MR) is 99.6 cm³/mol. The van der Waals surface area contributed by atoms with Gasteiger partial charge >= 0.3 is 0 Å². The molecule has 0 spiro atoms. The number of carbonyl (C=O) groups is 1. The molecule has 2 unspecified atom stereocenters. The molecule has 2 aromatic rings. The van der Waals surface area contributed by atoms with E-state index in [-0.39, 0.29) is 17.1 Å². The van der Waals surface area contributed by atoms with Gasteiger partial charge < -0.3 is 15.0 Å². The Balaban J connectivity index is 1.41. The number of ether oxygens (including phenoxy) is 1. The molecule has 1 amide bonds. The normalized spacial score (nSPS) is 22.5. The maximum Gasteiger partial charge on any atom is 0.295 e. The number of benzene rings is 1. The van der Waals surface area contributed by atoms with E-state index in [2.05, 4.69) is 25.4 Å². The summed E-state index contributed by atoms with van der Waals surface area (Å²) in [4.78, 5) is 19.0. The number of nitrogens with one attached hydrogen (secondary N) is 2. The Morgan fingerprint density at radius 3 is 2.42 bits per heavy atom. The van der Waals surface area contributed by atoms with E-state index in [1.807, 2.05) is 45.0 Å². The molecule has 2 N–H and O–H groups in total. The topological polar surface area (TPSA) is 83.1 Å². The van der Waals surface area contributed by atoms with Gasteiger partial charge in [0.05, 0.1) is 12.2 Å². The fraction of sp³-hybridized carbons (Fsp3) is 0.526. The molecule has 7 nitrogen and oxygen atoms in total. The summed E-state index contributed by atoms with van der Waals surface area (Å²) in [7, 11) is 0. The predicted octanol–water partition coefficient (Wildman–Crippen LogP) is 2.72. The van der Waals surface area contributed by atoms with Gasteiger partial charge in [-0.25, -0.2) is 4.98 Å². The molecule has 0 radical (unpaired) electrons. The average Bonchev–Trinajstić information content (AvgIpc) is 3.22. The smallest absolute Gasteiger partial charge is 0.295 e. The lowest BCUT2D eigenvalue weighted by Crippen LogP contribution is -2.42. The number of carbonyl (C=O) groups excluding carboxylic acids is 1. The maximum atomic E-state index is 12.4. The van der Waals surface area contributed by atoms with E-state index in [0.29, 0.717) is 18.0 Å². The van der Waals surface area contributed by atoms with Crippen LogP contribution < -0.4 is 10.2 Å². The van der Waals surface area contributed by atoms with Gasteiger partial charge in [0.25, 0.3) is 5.91 Å². The zero-order valence-electron chi connectivity index (χ0n) is 15.5. The van der Waals surface area contributed by atoms with Gasteiger partial charge in [0, 0.05) is 29.9 Å². The molecule has 2 saturated heterocycles. The summed E-state index contributed by atoms with van der Waals surface area (Å²) in [5.41, 5.74) is 1.72. The highest BCUT2D eigenvalue weighted by molar-refractivity contribution is 6.01. The van der Waals surface area contributed by atoms with Crippen molar-refractivity contribution in [3.63, 3.8) is 0 Å². The number of amides is 1. The summed E-state index contributed by atoms with van der Waals surface area (Å²) in [6.07, 6.45) is 3.03. The van der Waals surface area contributed by atoms with Crippen LogP contribution in [0.4, 0.5) is 11.4 Å². The van der Waals surface area contributed by atoms with Gasteiger partial charge in [-0.05, 0) is 37.1 Å². The van der Waals surface area contributed by atoms with Crippen molar-refractivity contribution in [2.45, 2.75) is 51.2 Å². The third-order valence-corrected chi connectivity index (χ3v) is 4.93. The molecule has 3 heterocycles. The van der Waals surface area contributed by atoms with Crippen molar-refractivity contribution in [3.8, 4) is 0 Å². The number of aromatic amines is 1. The van der Waals surface area contributed by atoms with Gasteiger partial charge in [-0.3, -0.25) is 9.89 Å². The molecule has 4 rings (SSSR count). The van der Waals surface area contributed by atoms with Gasteiger partial charge in [0.1, 0.15) is 5.82 Å². The molecule has 1 aromatic carbocycles. The standard InChI is InChI=1S/C19H25N5O2/c1-19(2,3)18-21-16(22-23-18)17(25)20-12-4-6-13(7-5-12)24-10-14-8-9-15(11-24)26-14/h4-7,14-15H,8-11H2,1-3H3,(H,20,25)(H,21,22,23). The lowest BCUT2D eigenvalue weighted by Gasteiger charge is -2.33. The van der Waals surface area contributed by atoms with Gasteiger partial charge in [-0.15, -0.1) is 5.10 Å². The minimum atomic E-state index is -0.311. The molecule has 1 aromatic heterocycles. The first-order valence-electron chi connectivity index (χ1n) is 9.13. The highest BCUT2D eigenvalue weighted by Crippen LogP contribution is 2.30. The lowest BCUT2D eigenvalue weighted by atomic mass is 9.96. The molecule has 2 fully saturated rings. The van der Waals surface area contributed by atoms with E-state index in [4.69, 9.17) is 4.74 Å². The fourth-order valence-corrected chi connectivity index (χ4v) is 3.47. The number of hydrogen-bond acceptors (Lipinski definition) is 5. The van der Waals surface area contributed by atoms with E-state index in [1.165, 1.54) is 0 Å². The Morgan fingerprint density at radius 1 is 1.19 bits per heavy atom. The first-order valence-corrected chi connectivity index (χ1v) is 9.13. The van der Waals surface area contributed by atoms with Crippen molar-refractivity contribution >= 4 is 17.3 Å². The van der Waals surface area contributed by atoms with E-state index in [0.717, 1.165) is 37.3 Å². The summed E-state index contributed by atoms with van der Waals surface area (Å²) in [5.74, 6) is 0.539. The summed E-state index contributed by atoms with van der Waals surface area (Å²) in [5, 5.41) is 9.72. The Morgan fingerprint density at radius 2 is 1.85 bits per heavy atom. The zero-order valence-corrected chi connectivity index (χ0v) is 15.5. The number of nitrogens with zero attached hydrogens (tertiary/aromatic N) is 3. The van der Waals surface area contributed by atoms with Crippen LogP contribution in [0.15, 0.2) is 24.3 Å². The third kappa shape index (κ3) is 3.44. The van der Waals surface area contributed by atoms with Crippen molar-refractivity contribution in [1.29, 1.82) is 0 Å². The van der Waals surface area contributed by atoms with Gasteiger partial charge in [-0.1, -0.05) is 20.8 Å². The van der Waals surface area contributed by atoms with E-state index < -0.39 is 0 Å². The van der Waals surface area contributed by atoms with Crippen LogP contribution in [0.1, 0.15) is 50.1 Å². The van der Waals surface area contributed by atoms with Gasteiger partial charge in [0.15, 0.2) is 0 Å². The molecule has 0 saturated carbocycles. The molecule has 2 aliphatic heterocycles. The molecular weight excluding hydrogens is 330 g/mol. The van der Waals surface area contributed by atoms with Crippen LogP contribution in [-0.2, 0) is 10.2 Å². The maximum absolute atomic E-state index is 12.4. The molecule has 26 heavy (non-hydrogen) atoms. The zero-order chi connectivity index (χ0) is 18.3. The second-order valence-electron chi connectivity index (χ2n) is 8.12. The average molecular weight is 355 g/mol. The van der Waals surface area contributed by atoms with E-state index >= 15 is 0 Å². The van der Waals surface area contributed by atoms with Crippen molar-refractivity contribution in [2.24, 2.45) is 0 Å². The first-order chi connectivity index (χ1) is 12.4. The summed E-state index contributed by atoms with van der Waals surface area (Å²) in [6.45, 7) is 7.94. The van der Waals surface area contributed by atoms with Crippen LogP contribution in [0.5, 0.6) is 0 Å². The Labute approximate surface area is 153 Å². The first kappa shape index (κ1) is 17.0. The third-order valence-electron chi connectivity index (χ3n) is 4.93. The van der Waals surface area contributed by atoms with Gasteiger partial charge in [0.2, 0.25) is 5.82 Å². The molecule has 0 aliphatic carbocycles. The number of anilines is 2. The van der Waals surface area contributed by atoms with Crippen LogP contribution in [0, 0.1) is 0 Å². The molecular formula is C19H25N5O2. The van der Waals surface area contributed by atoms with Crippen LogP contribution in [-0.4, -0.2) is 46.4 Å². The number of fused-ring (bicyclic) bond motifs is 2. The Hall–Kier alpha value is -2.41. The highest BCUT2D eigenvalue weighted by atomic mass is 16.5. The molecule has 7 heteroatoms. The molecule has 2 atom stereocenters. The second-order valence-corrected chi connectivity index (χ2v) is 8.12. The molecule has 2 bridgehead atoms. The van der Waals surface area contributed by atoms with Crippen molar-refractivity contribution < 1.29 is 9.53 Å². The summed E-state index contributed by atoms with van der Waals surface area (Å²) < 4.78 is 5.88. The van der Waals surface area contributed by atoms with E-state index in [9.17, 15) is 4.79 Å².